The lowest BCUT2D eigenvalue weighted by atomic mass is 9.77. The fourth-order valence-electron chi connectivity index (χ4n) is 3.47. The summed E-state index contributed by atoms with van der Waals surface area (Å²) in [5.74, 6) is 7.37. The number of rotatable bonds is 13. The number of hydrogen-bond acceptors (Lipinski definition) is 8. The van der Waals surface area contributed by atoms with Gasteiger partial charge in [-0.25, -0.2) is 5.84 Å². The van der Waals surface area contributed by atoms with Crippen LogP contribution in [0, 0.1) is 6.92 Å². The second-order valence-corrected chi connectivity index (χ2v) is 9.44. The minimum absolute atomic E-state index is 0.0574. The summed E-state index contributed by atoms with van der Waals surface area (Å²) in [6.45, 7) is 20.0. The molecule has 2 rings (SSSR count). The zero-order valence-electron chi connectivity index (χ0n) is 26.9. The molecular formula is C32H56ClN3O5. The lowest BCUT2D eigenvalue weighted by Crippen LogP contribution is -2.40. The Hall–Kier alpha value is -2.49. The van der Waals surface area contributed by atoms with Gasteiger partial charge in [-0.05, 0) is 48.7 Å². The van der Waals surface area contributed by atoms with Crippen LogP contribution in [0.2, 0.25) is 0 Å². The first-order valence-electron chi connectivity index (χ1n) is 14.5. The summed E-state index contributed by atoms with van der Waals surface area (Å²) < 4.78 is 11.4. The number of nitrogens with zero attached hydrogens (tertiary/aromatic N) is 1. The van der Waals surface area contributed by atoms with Crippen LogP contribution in [0.15, 0.2) is 53.9 Å². The van der Waals surface area contributed by atoms with Crippen LogP contribution in [-0.4, -0.2) is 64.8 Å². The van der Waals surface area contributed by atoms with Gasteiger partial charge < -0.3 is 35.5 Å². The Kier molecular flexibility index (Phi) is 22.0. The van der Waals surface area contributed by atoms with Crippen molar-refractivity contribution in [2.24, 2.45) is 11.6 Å². The average Bonchev–Trinajstić information content (AvgIpc) is 3.01. The fraction of sp³-hybridized carbons (Fsp3) is 0.562. The monoisotopic (exact) mass is 597 g/mol. The van der Waals surface area contributed by atoms with E-state index in [2.05, 4.69) is 19.9 Å². The lowest BCUT2D eigenvalue weighted by molar-refractivity contribution is 0.0779. The lowest BCUT2D eigenvalue weighted by Gasteiger charge is -2.27. The number of alkyl halides is 1. The first-order valence-corrected chi connectivity index (χ1v) is 15.0. The van der Waals surface area contributed by atoms with E-state index in [1.807, 2.05) is 84.9 Å². The standard InChI is InChI=1S/C26H38ClN3O5.3C2H6/c1-17-11-20(7-10-25(17)35-15-21(32)12-27)26(3,4)19-5-8-23(9-6-19)34-16-22(33)13-30(29)18(2)24(28)14-31;3*1-2/h5-11,21-22,31-33H,12-16,28-29H2,1-4H3;3*1-2H3/b24-18-;;;. The number of aliphatic hydroxyl groups excluding tert-OH is 3. The molecule has 41 heavy (non-hydrogen) atoms. The Morgan fingerprint density at radius 1 is 0.902 bits per heavy atom. The Bertz CT molecular complexity index is 984. The number of aliphatic hydroxyl groups is 3. The van der Waals surface area contributed by atoms with Crippen LogP contribution in [0.4, 0.5) is 0 Å². The molecule has 0 saturated heterocycles. The number of benzene rings is 2. The van der Waals surface area contributed by atoms with Crippen LogP contribution in [0.25, 0.3) is 0 Å². The highest BCUT2D eigenvalue weighted by Gasteiger charge is 2.24. The van der Waals surface area contributed by atoms with Gasteiger partial charge >= 0.3 is 0 Å². The SMILES string of the molecule is C/C(=C(/N)CO)N(N)CC(O)COc1ccc(C(C)(C)c2ccc(OCC(O)CCl)c(C)c2)cc1.CC.CC.CC. The fourth-order valence-corrected chi connectivity index (χ4v) is 3.56. The number of halogens is 1. The van der Waals surface area contributed by atoms with E-state index in [-0.39, 0.29) is 43.4 Å². The van der Waals surface area contributed by atoms with Crippen LogP contribution < -0.4 is 21.1 Å². The molecule has 0 aliphatic carbocycles. The van der Waals surface area contributed by atoms with Gasteiger partial charge in [0.15, 0.2) is 0 Å². The third-order valence-corrected chi connectivity index (χ3v) is 6.35. The number of allylic oxidation sites excluding steroid dienone is 1. The second-order valence-electron chi connectivity index (χ2n) is 9.13. The second kappa shape index (κ2) is 22.2. The maximum Gasteiger partial charge on any atom is 0.122 e. The first kappa shape index (κ1) is 40.6. The van der Waals surface area contributed by atoms with E-state index in [0.29, 0.717) is 11.4 Å². The van der Waals surface area contributed by atoms with Crippen LogP contribution in [0.5, 0.6) is 11.5 Å². The summed E-state index contributed by atoms with van der Waals surface area (Å²) in [7, 11) is 0. The molecule has 0 spiro atoms. The van der Waals surface area contributed by atoms with Crippen molar-refractivity contribution in [3.8, 4) is 11.5 Å². The molecule has 8 nitrogen and oxygen atoms in total. The molecule has 0 aliphatic rings. The molecule has 0 bridgehead atoms. The first-order chi connectivity index (χ1) is 19.5. The Balaban J connectivity index is 0. The highest BCUT2D eigenvalue weighted by molar-refractivity contribution is 6.18. The van der Waals surface area contributed by atoms with Gasteiger partial charge in [-0.1, -0.05) is 79.7 Å². The largest absolute Gasteiger partial charge is 0.491 e. The van der Waals surface area contributed by atoms with Crippen LogP contribution in [0.3, 0.4) is 0 Å². The highest BCUT2D eigenvalue weighted by Crippen LogP contribution is 2.34. The van der Waals surface area contributed by atoms with Gasteiger partial charge in [0.05, 0.1) is 24.7 Å². The molecule has 0 saturated carbocycles. The minimum atomic E-state index is -0.841. The van der Waals surface area contributed by atoms with E-state index >= 15 is 0 Å². The molecule has 0 heterocycles. The van der Waals surface area contributed by atoms with E-state index in [4.69, 9.17) is 37.8 Å². The molecule has 2 atom stereocenters. The zero-order valence-corrected chi connectivity index (χ0v) is 27.6. The number of hydrazine groups is 1. The molecule has 0 fully saturated rings. The predicted molar refractivity (Wildman–Crippen MR) is 172 cm³/mol. The summed E-state index contributed by atoms with van der Waals surface area (Å²) in [6, 6.07) is 13.8. The van der Waals surface area contributed by atoms with Gasteiger partial charge in [-0.2, -0.15) is 0 Å². The van der Waals surface area contributed by atoms with E-state index in [9.17, 15) is 10.2 Å². The van der Waals surface area contributed by atoms with Crippen molar-refractivity contribution in [1.82, 2.24) is 5.01 Å². The molecular weight excluding hydrogens is 542 g/mol. The maximum absolute atomic E-state index is 10.2. The molecule has 0 radical (unpaired) electrons. The van der Waals surface area contributed by atoms with Crippen molar-refractivity contribution in [1.29, 1.82) is 0 Å². The van der Waals surface area contributed by atoms with Crippen molar-refractivity contribution >= 4 is 11.6 Å². The summed E-state index contributed by atoms with van der Waals surface area (Å²) in [6.07, 6.45) is -1.54. The number of hydrogen-bond donors (Lipinski definition) is 5. The zero-order chi connectivity index (χ0) is 32.2. The predicted octanol–water partition coefficient (Wildman–Crippen LogP) is 5.48. The summed E-state index contributed by atoms with van der Waals surface area (Å²) in [4.78, 5) is 0. The topological polar surface area (TPSA) is 134 Å². The van der Waals surface area contributed by atoms with Crippen molar-refractivity contribution in [2.75, 3.05) is 32.2 Å². The van der Waals surface area contributed by atoms with Gasteiger partial charge in [0.1, 0.15) is 36.9 Å². The van der Waals surface area contributed by atoms with Crippen molar-refractivity contribution in [3.63, 3.8) is 0 Å². The number of ether oxygens (including phenoxy) is 2. The summed E-state index contributed by atoms with van der Waals surface area (Å²) in [5.41, 5.74) is 9.35. The van der Waals surface area contributed by atoms with Crippen LogP contribution in [-0.2, 0) is 5.41 Å². The number of nitrogens with two attached hydrogens (primary N) is 2. The highest BCUT2D eigenvalue weighted by atomic mass is 35.5. The molecule has 2 aromatic rings. The number of aryl methyl sites for hydroxylation is 1. The maximum atomic E-state index is 10.2. The van der Waals surface area contributed by atoms with E-state index in [0.717, 1.165) is 22.4 Å². The Morgan fingerprint density at radius 3 is 1.90 bits per heavy atom. The van der Waals surface area contributed by atoms with Gasteiger partial charge in [-0.3, -0.25) is 0 Å². The van der Waals surface area contributed by atoms with Crippen molar-refractivity contribution in [2.45, 2.75) is 86.9 Å². The summed E-state index contributed by atoms with van der Waals surface area (Å²) in [5, 5.41) is 30.3. The van der Waals surface area contributed by atoms with Crippen LogP contribution in [0.1, 0.15) is 79.0 Å². The molecule has 2 unspecified atom stereocenters. The van der Waals surface area contributed by atoms with E-state index in [1.54, 1.807) is 6.92 Å². The van der Waals surface area contributed by atoms with E-state index < -0.39 is 12.2 Å². The van der Waals surface area contributed by atoms with Gasteiger partial charge in [0.25, 0.3) is 0 Å². The smallest absolute Gasteiger partial charge is 0.122 e. The Labute approximate surface area is 253 Å². The molecule has 7 N–H and O–H groups in total. The molecule has 2 aromatic carbocycles. The van der Waals surface area contributed by atoms with E-state index in [1.165, 1.54) is 5.01 Å². The van der Waals surface area contributed by atoms with Gasteiger partial charge in [-0.15, -0.1) is 11.6 Å². The molecule has 9 heteroatoms. The minimum Gasteiger partial charge on any atom is -0.491 e. The third-order valence-electron chi connectivity index (χ3n) is 6.00. The quantitative estimate of drug-likeness (QED) is 0.116. The molecule has 236 valence electrons. The molecule has 0 aliphatic heterocycles. The average molecular weight is 598 g/mol. The Morgan fingerprint density at radius 2 is 1.41 bits per heavy atom. The normalized spacial score (nSPS) is 12.6. The molecule has 0 amide bonds. The summed E-state index contributed by atoms with van der Waals surface area (Å²) >= 11 is 5.63. The van der Waals surface area contributed by atoms with Crippen LogP contribution >= 0.6 is 11.6 Å². The van der Waals surface area contributed by atoms with Crippen molar-refractivity contribution < 1.29 is 24.8 Å². The van der Waals surface area contributed by atoms with Crippen molar-refractivity contribution in [3.05, 3.63) is 70.5 Å². The van der Waals surface area contributed by atoms with Gasteiger partial charge in [0, 0.05) is 11.1 Å². The third kappa shape index (κ3) is 13.8. The van der Waals surface area contributed by atoms with Gasteiger partial charge in [0.2, 0.25) is 0 Å². The molecule has 0 aromatic heterocycles.